The molecule has 6 heteroatoms. The lowest BCUT2D eigenvalue weighted by Gasteiger charge is -2.11. The number of ether oxygens (including phenoxy) is 2. The third-order valence-corrected chi connectivity index (χ3v) is 4.86. The average Bonchev–Trinajstić information content (AvgIpc) is 3.41. The number of carbonyl (C=O) groups is 1. The van der Waals surface area contributed by atoms with Gasteiger partial charge >= 0.3 is 0 Å². The fourth-order valence-corrected chi connectivity index (χ4v) is 3.27. The number of rotatable bonds is 6. The van der Waals surface area contributed by atoms with Gasteiger partial charge in [0.15, 0.2) is 0 Å². The molecule has 0 radical (unpaired) electrons. The second-order valence-electron chi connectivity index (χ2n) is 6.89. The fraction of sp³-hybridized carbons (Fsp3) is 0.273. The maximum absolute atomic E-state index is 12.5. The van der Waals surface area contributed by atoms with Crippen molar-refractivity contribution < 1.29 is 14.3 Å². The maximum atomic E-state index is 12.5. The van der Waals surface area contributed by atoms with E-state index in [0.717, 1.165) is 28.9 Å². The van der Waals surface area contributed by atoms with Crippen LogP contribution in [0.15, 0.2) is 60.9 Å². The van der Waals surface area contributed by atoms with Gasteiger partial charge in [0.05, 0.1) is 32.5 Å². The summed E-state index contributed by atoms with van der Waals surface area (Å²) in [5.41, 5.74) is 3.73. The van der Waals surface area contributed by atoms with Crippen molar-refractivity contribution in [2.24, 2.45) is 0 Å². The number of carbonyl (C=O) groups excluding carboxylic acids is 1. The molecule has 2 heterocycles. The van der Waals surface area contributed by atoms with Crippen molar-refractivity contribution >= 4 is 5.91 Å². The Morgan fingerprint density at radius 1 is 1.25 bits per heavy atom. The molecule has 1 aliphatic heterocycles. The normalized spacial score (nSPS) is 16.1. The molecule has 4 rings (SSSR count). The highest BCUT2D eigenvalue weighted by Crippen LogP contribution is 2.21. The lowest BCUT2D eigenvalue weighted by atomic mass is 10.1. The minimum atomic E-state index is -0.0667. The predicted octanol–water partition coefficient (Wildman–Crippen LogP) is 3.13. The largest absolute Gasteiger partial charge is 0.497 e. The minimum absolute atomic E-state index is 0.0667. The summed E-state index contributed by atoms with van der Waals surface area (Å²) in [4.78, 5) is 12.5. The second kappa shape index (κ2) is 8.27. The molecule has 6 nitrogen and oxygen atoms in total. The Morgan fingerprint density at radius 3 is 2.86 bits per heavy atom. The minimum Gasteiger partial charge on any atom is -0.497 e. The first-order valence-corrected chi connectivity index (χ1v) is 9.36. The van der Waals surface area contributed by atoms with E-state index in [1.54, 1.807) is 7.11 Å². The van der Waals surface area contributed by atoms with Crippen LogP contribution in [0.3, 0.4) is 0 Å². The van der Waals surface area contributed by atoms with Gasteiger partial charge in [0.2, 0.25) is 0 Å². The molecule has 1 fully saturated rings. The van der Waals surface area contributed by atoms with Gasteiger partial charge in [-0.15, -0.1) is 0 Å². The number of methoxy groups -OCH3 is 1. The first-order valence-electron chi connectivity index (χ1n) is 9.36. The van der Waals surface area contributed by atoms with E-state index in [1.165, 1.54) is 0 Å². The number of hydrogen-bond acceptors (Lipinski definition) is 4. The monoisotopic (exact) mass is 377 g/mol. The van der Waals surface area contributed by atoms with E-state index < -0.39 is 0 Å². The van der Waals surface area contributed by atoms with Crippen LogP contribution in [-0.2, 0) is 11.3 Å². The van der Waals surface area contributed by atoms with Crippen LogP contribution in [0.5, 0.6) is 5.75 Å². The molecule has 28 heavy (non-hydrogen) atoms. The van der Waals surface area contributed by atoms with Crippen LogP contribution in [0.25, 0.3) is 11.1 Å². The van der Waals surface area contributed by atoms with E-state index in [9.17, 15) is 4.79 Å². The van der Waals surface area contributed by atoms with Gasteiger partial charge < -0.3 is 14.8 Å². The van der Waals surface area contributed by atoms with Gasteiger partial charge in [0.25, 0.3) is 5.91 Å². The standard InChI is InChI=1S/C22H23N3O3/c1-27-21-7-5-16(6-8-21)13-25-14-19(12-23-25)17-3-2-4-18(11-17)22(26)24-20-9-10-28-15-20/h2-8,11-12,14,20H,9-10,13,15H2,1H3,(H,24,26)/t20-/m1/s1. The number of nitrogens with one attached hydrogen (secondary N) is 1. The van der Waals surface area contributed by atoms with Gasteiger partial charge in [0.1, 0.15) is 5.75 Å². The Kier molecular flexibility index (Phi) is 5.39. The highest BCUT2D eigenvalue weighted by molar-refractivity contribution is 5.95. The fourth-order valence-electron chi connectivity index (χ4n) is 3.27. The van der Waals surface area contributed by atoms with Crippen molar-refractivity contribution in [3.63, 3.8) is 0 Å². The molecule has 2 aromatic carbocycles. The molecule has 1 aliphatic rings. The molecule has 1 saturated heterocycles. The number of benzene rings is 2. The molecule has 0 saturated carbocycles. The van der Waals surface area contributed by atoms with Crippen molar-refractivity contribution in [3.05, 3.63) is 72.1 Å². The quantitative estimate of drug-likeness (QED) is 0.717. The molecule has 1 aromatic heterocycles. The van der Waals surface area contributed by atoms with Crippen molar-refractivity contribution in [1.29, 1.82) is 0 Å². The molecular formula is C22H23N3O3. The lowest BCUT2D eigenvalue weighted by molar-refractivity contribution is 0.0930. The third-order valence-electron chi connectivity index (χ3n) is 4.86. The summed E-state index contributed by atoms with van der Waals surface area (Å²) in [6.45, 7) is 1.97. The number of aromatic nitrogens is 2. The highest BCUT2D eigenvalue weighted by Gasteiger charge is 2.18. The molecule has 0 unspecified atom stereocenters. The van der Waals surface area contributed by atoms with Crippen LogP contribution in [0.1, 0.15) is 22.3 Å². The summed E-state index contributed by atoms with van der Waals surface area (Å²) < 4.78 is 12.4. The zero-order valence-electron chi connectivity index (χ0n) is 15.8. The van der Waals surface area contributed by atoms with Crippen LogP contribution in [0, 0.1) is 0 Å². The SMILES string of the molecule is COc1ccc(Cn2cc(-c3cccc(C(=O)N[C@@H]4CCOC4)c3)cn2)cc1. The molecule has 1 amide bonds. The van der Waals surface area contributed by atoms with E-state index >= 15 is 0 Å². The summed E-state index contributed by atoms with van der Waals surface area (Å²) in [6.07, 6.45) is 4.68. The predicted molar refractivity (Wildman–Crippen MR) is 106 cm³/mol. The van der Waals surface area contributed by atoms with Gasteiger partial charge in [-0.05, 0) is 41.8 Å². The highest BCUT2D eigenvalue weighted by atomic mass is 16.5. The van der Waals surface area contributed by atoms with E-state index in [2.05, 4.69) is 10.4 Å². The number of hydrogen-bond donors (Lipinski definition) is 1. The van der Waals surface area contributed by atoms with Crippen LogP contribution >= 0.6 is 0 Å². The van der Waals surface area contributed by atoms with E-state index in [-0.39, 0.29) is 11.9 Å². The Balaban J connectivity index is 1.46. The zero-order valence-corrected chi connectivity index (χ0v) is 15.8. The van der Waals surface area contributed by atoms with Gasteiger partial charge in [-0.3, -0.25) is 9.48 Å². The van der Waals surface area contributed by atoms with Crippen LogP contribution < -0.4 is 10.1 Å². The first-order chi connectivity index (χ1) is 13.7. The van der Waals surface area contributed by atoms with Crippen molar-refractivity contribution in [1.82, 2.24) is 15.1 Å². The molecule has 0 bridgehead atoms. The summed E-state index contributed by atoms with van der Waals surface area (Å²) in [5.74, 6) is 0.770. The van der Waals surface area contributed by atoms with Crippen LogP contribution in [0.4, 0.5) is 0 Å². The van der Waals surface area contributed by atoms with Gasteiger partial charge in [0, 0.05) is 23.9 Å². The Labute approximate surface area is 164 Å². The van der Waals surface area contributed by atoms with E-state index in [0.29, 0.717) is 25.3 Å². The Bertz CT molecular complexity index is 944. The summed E-state index contributed by atoms with van der Waals surface area (Å²) in [5, 5.41) is 7.48. The molecule has 144 valence electrons. The Morgan fingerprint density at radius 2 is 2.11 bits per heavy atom. The number of nitrogens with zero attached hydrogens (tertiary/aromatic N) is 2. The van der Waals surface area contributed by atoms with E-state index in [4.69, 9.17) is 9.47 Å². The van der Waals surface area contributed by atoms with Crippen LogP contribution in [-0.4, -0.2) is 42.1 Å². The lowest BCUT2D eigenvalue weighted by Crippen LogP contribution is -2.34. The van der Waals surface area contributed by atoms with Crippen LogP contribution in [0.2, 0.25) is 0 Å². The third kappa shape index (κ3) is 4.23. The van der Waals surface area contributed by atoms with E-state index in [1.807, 2.05) is 65.6 Å². The molecular weight excluding hydrogens is 354 g/mol. The summed E-state index contributed by atoms with van der Waals surface area (Å²) in [7, 11) is 1.66. The summed E-state index contributed by atoms with van der Waals surface area (Å²) >= 11 is 0. The first kappa shape index (κ1) is 18.3. The van der Waals surface area contributed by atoms with Gasteiger partial charge in [-0.25, -0.2) is 0 Å². The number of amides is 1. The molecule has 1 atom stereocenters. The van der Waals surface area contributed by atoms with Crippen molar-refractivity contribution in [2.75, 3.05) is 20.3 Å². The van der Waals surface area contributed by atoms with Gasteiger partial charge in [-0.1, -0.05) is 24.3 Å². The second-order valence-corrected chi connectivity index (χ2v) is 6.89. The Hall–Kier alpha value is -3.12. The van der Waals surface area contributed by atoms with Gasteiger partial charge in [-0.2, -0.15) is 5.10 Å². The summed E-state index contributed by atoms with van der Waals surface area (Å²) in [6, 6.07) is 15.7. The molecule has 3 aromatic rings. The topological polar surface area (TPSA) is 65.4 Å². The van der Waals surface area contributed by atoms with Crippen molar-refractivity contribution in [2.45, 2.75) is 19.0 Å². The smallest absolute Gasteiger partial charge is 0.251 e. The molecule has 0 aliphatic carbocycles. The maximum Gasteiger partial charge on any atom is 0.251 e. The molecule has 1 N–H and O–H groups in total. The zero-order chi connectivity index (χ0) is 19.3. The van der Waals surface area contributed by atoms with Crippen molar-refractivity contribution in [3.8, 4) is 16.9 Å². The molecule has 0 spiro atoms. The average molecular weight is 377 g/mol.